The highest BCUT2D eigenvalue weighted by Crippen LogP contribution is 2.27. The minimum absolute atomic E-state index is 0.323. The average Bonchev–Trinajstić information content (AvgIpc) is 2.49. The Morgan fingerprint density at radius 1 is 1.26 bits per heavy atom. The summed E-state index contributed by atoms with van der Waals surface area (Å²) in [6.07, 6.45) is 0.570. The fourth-order valence-corrected chi connectivity index (χ4v) is 2.79. The Kier molecular flexibility index (Phi) is 4.99. The molecule has 0 aromatic heterocycles. The molecule has 0 heterocycles. The van der Waals surface area contributed by atoms with Crippen LogP contribution in [0.2, 0.25) is 0 Å². The zero-order chi connectivity index (χ0) is 17.0. The number of hydrogen-bond donors (Lipinski definition) is 1. The molecule has 0 aliphatic rings. The number of ether oxygens (including phenoxy) is 1. The van der Waals surface area contributed by atoms with Crippen molar-refractivity contribution in [2.45, 2.75) is 25.4 Å². The van der Waals surface area contributed by atoms with Crippen LogP contribution in [0, 0.1) is 18.3 Å². The Bertz CT molecular complexity index is 762. The third-order valence-corrected chi connectivity index (χ3v) is 4.12. The maximum atomic E-state index is 11.0. The quantitative estimate of drug-likeness (QED) is 0.527. The van der Waals surface area contributed by atoms with Crippen LogP contribution in [0.4, 0.5) is 0 Å². The summed E-state index contributed by atoms with van der Waals surface area (Å²) in [5.41, 5.74) is 10.0. The molecule has 0 aliphatic heterocycles. The van der Waals surface area contributed by atoms with Crippen molar-refractivity contribution in [2.24, 2.45) is 5.73 Å². The normalized spacial score (nSPS) is 13.1. The van der Waals surface area contributed by atoms with E-state index >= 15 is 0 Å². The van der Waals surface area contributed by atoms with Crippen molar-refractivity contribution in [2.75, 3.05) is 0 Å². The first-order valence-electron chi connectivity index (χ1n) is 7.39. The molecule has 0 spiro atoms. The fraction of sp³-hybridized carbons (Fsp3) is 0.222. The Morgan fingerprint density at radius 3 is 2.39 bits per heavy atom. The highest BCUT2D eigenvalue weighted by Gasteiger charge is 2.17. The van der Waals surface area contributed by atoms with Crippen LogP contribution < -0.4 is 10.5 Å². The molecule has 2 aromatic carbocycles. The lowest BCUT2D eigenvalue weighted by atomic mass is 9.99. The Hall–Kier alpha value is -2.42. The van der Waals surface area contributed by atoms with Gasteiger partial charge < -0.3 is 10.5 Å². The van der Waals surface area contributed by atoms with Gasteiger partial charge >= 0.3 is 5.97 Å². The molecule has 0 bridgehead atoms. The largest absolute Gasteiger partial charge is 0.426 e. The number of esters is 1. The third kappa shape index (κ3) is 4.52. The Balaban J connectivity index is 2.21. The first-order chi connectivity index (χ1) is 10.8. The van der Waals surface area contributed by atoms with Gasteiger partial charge in [0, 0.05) is 17.2 Å². The first kappa shape index (κ1) is 16.9. The number of carbonyl (C=O) groups excluding carboxylic acids is 1. The molecule has 2 rings (SSSR count). The van der Waals surface area contributed by atoms with Crippen molar-refractivity contribution in [3.8, 4) is 22.9 Å². The van der Waals surface area contributed by atoms with Gasteiger partial charge in [-0.2, -0.15) is 5.26 Å². The molecule has 0 saturated heterocycles. The van der Waals surface area contributed by atoms with E-state index in [9.17, 15) is 4.79 Å². The highest BCUT2D eigenvalue weighted by atomic mass is 28.1. The van der Waals surface area contributed by atoms with Crippen molar-refractivity contribution in [1.29, 1.82) is 5.26 Å². The smallest absolute Gasteiger partial charge is 0.308 e. The number of benzene rings is 2. The van der Waals surface area contributed by atoms with E-state index in [1.54, 1.807) is 6.07 Å². The van der Waals surface area contributed by atoms with Crippen LogP contribution in [0.5, 0.6) is 5.75 Å². The molecule has 0 unspecified atom stereocenters. The van der Waals surface area contributed by atoms with E-state index in [2.05, 4.69) is 6.07 Å². The van der Waals surface area contributed by atoms with Gasteiger partial charge in [0.05, 0.1) is 11.2 Å². The standard InChI is InChI=1S/C18H20N2O2Si/c1-12-9-16(7-8-17(12)22-13(2)21)15-5-3-14(4-6-15)10-18(20,23)11-19/h3-9H,10,20H2,1-2,23H3/t18-/m0/s1. The Morgan fingerprint density at radius 2 is 1.87 bits per heavy atom. The third-order valence-electron chi connectivity index (χ3n) is 3.54. The van der Waals surface area contributed by atoms with E-state index in [1.807, 2.05) is 43.3 Å². The lowest BCUT2D eigenvalue weighted by Gasteiger charge is -2.15. The summed E-state index contributed by atoms with van der Waals surface area (Å²) in [6.45, 7) is 3.30. The number of carbonyl (C=O) groups is 1. The number of nitrogens with zero attached hydrogens (tertiary/aromatic N) is 1. The zero-order valence-electron chi connectivity index (χ0n) is 13.6. The summed E-state index contributed by atoms with van der Waals surface area (Å²) in [5.74, 6) is 0.256. The van der Waals surface area contributed by atoms with Crippen LogP contribution in [0.1, 0.15) is 18.1 Å². The van der Waals surface area contributed by atoms with Gasteiger partial charge in [-0.25, -0.2) is 0 Å². The maximum Gasteiger partial charge on any atom is 0.308 e. The van der Waals surface area contributed by atoms with Gasteiger partial charge in [-0.05, 0) is 47.7 Å². The average molecular weight is 324 g/mol. The van der Waals surface area contributed by atoms with Gasteiger partial charge in [0.1, 0.15) is 5.75 Å². The van der Waals surface area contributed by atoms with E-state index < -0.39 is 5.16 Å². The van der Waals surface area contributed by atoms with E-state index in [-0.39, 0.29) is 5.97 Å². The van der Waals surface area contributed by atoms with Crippen LogP contribution in [0.25, 0.3) is 11.1 Å². The molecule has 4 nitrogen and oxygen atoms in total. The van der Waals surface area contributed by atoms with Crippen LogP contribution in [-0.4, -0.2) is 21.4 Å². The molecule has 2 aromatic rings. The number of nitrogens with two attached hydrogens (primary N) is 1. The topological polar surface area (TPSA) is 76.1 Å². The predicted octanol–water partition coefficient (Wildman–Crippen LogP) is 1.67. The highest BCUT2D eigenvalue weighted by molar-refractivity contribution is 6.17. The van der Waals surface area contributed by atoms with Crippen molar-refractivity contribution >= 4 is 16.2 Å². The van der Waals surface area contributed by atoms with E-state index in [0.717, 1.165) is 22.3 Å². The molecular formula is C18H20N2O2Si. The molecule has 0 saturated carbocycles. The molecule has 0 fully saturated rings. The van der Waals surface area contributed by atoms with Crippen molar-refractivity contribution in [1.82, 2.24) is 0 Å². The van der Waals surface area contributed by atoms with Crippen molar-refractivity contribution in [3.63, 3.8) is 0 Å². The molecule has 1 atom stereocenters. The fourth-order valence-electron chi connectivity index (χ4n) is 2.38. The molecule has 0 aliphatic carbocycles. The van der Waals surface area contributed by atoms with Crippen molar-refractivity contribution < 1.29 is 9.53 Å². The molecule has 5 heteroatoms. The van der Waals surface area contributed by atoms with Gasteiger partial charge in [-0.1, -0.05) is 30.3 Å². The minimum Gasteiger partial charge on any atom is -0.426 e. The molecule has 23 heavy (non-hydrogen) atoms. The summed E-state index contributed by atoms with van der Waals surface area (Å²) in [6, 6.07) is 15.9. The van der Waals surface area contributed by atoms with Crippen molar-refractivity contribution in [3.05, 3.63) is 53.6 Å². The second kappa shape index (κ2) is 6.78. The molecule has 0 radical (unpaired) electrons. The van der Waals surface area contributed by atoms with Crippen LogP contribution >= 0.6 is 0 Å². The number of aryl methyl sites for hydroxylation is 1. The van der Waals surface area contributed by atoms with Gasteiger partial charge in [-0.3, -0.25) is 4.79 Å². The number of nitriles is 1. The minimum atomic E-state index is -0.718. The molecule has 118 valence electrons. The van der Waals surface area contributed by atoms with Gasteiger partial charge in [-0.15, -0.1) is 0 Å². The second-order valence-corrected chi connectivity index (χ2v) is 7.76. The zero-order valence-corrected chi connectivity index (χ0v) is 15.6. The van der Waals surface area contributed by atoms with Crippen LogP contribution in [0.3, 0.4) is 0 Å². The van der Waals surface area contributed by atoms with E-state index in [1.165, 1.54) is 6.92 Å². The lowest BCUT2D eigenvalue weighted by molar-refractivity contribution is -0.131. The second-order valence-electron chi connectivity index (χ2n) is 5.98. The van der Waals surface area contributed by atoms with E-state index in [4.69, 9.17) is 15.7 Å². The lowest BCUT2D eigenvalue weighted by Crippen LogP contribution is -2.40. The first-order valence-corrected chi connectivity index (χ1v) is 8.39. The predicted molar refractivity (Wildman–Crippen MR) is 94.1 cm³/mol. The maximum absolute atomic E-state index is 11.0. The molecular weight excluding hydrogens is 304 g/mol. The number of rotatable bonds is 4. The van der Waals surface area contributed by atoms with Crippen LogP contribution in [-0.2, 0) is 11.2 Å². The molecule has 2 N–H and O–H groups in total. The Labute approximate surface area is 139 Å². The SMILES string of the molecule is CC(=O)Oc1ccc(-c2ccc(C[C@](N)([SiH3])C#N)cc2)cc1C. The van der Waals surface area contributed by atoms with Crippen LogP contribution in [0.15, 0.2) is 42.5 Å². The van der Waals surface area contributed by atoms with Gasteiger partial charge in [0.2, 0.25) is 0 Å². The van der Waals surface area contributed by atoms with Gasteiger partial charge in [0.15, 0.2) is 0 Å². The summed E-state index contributed by atoms with van der Waals surface area (Å²) >= 11 is 0. The summed E-state index contributed by atoms with van der Waals surface area (Å²) in [4.78, 5) is 11.0. The monoisotopic (exact) mass is 324 g/mol. The summed E-state index contributed by atoms with van der Waals surface area (Å²) < 4.78 is 5.14. The van der Waals surface area contributed by atoms with Gasteiger partial charge in [0.25, 0.3) is 0 Å². The number of hydrogen-bond acceptors (Lipinski definition) is 4. The van der Waals surface area contributed by atoms with E-state index in [0.29, 0.717) is 22.4 Å². The summed E-state index contributed by atoms with van der Waals surface area (Å²) in [5, 5.41) is 8.31. The summed E-state index contributed by atoms with van der Waals surface area (Å²) in [7, 11) is 0.629. The molecule has 0 amide bonds.